The third-order valence-corrected chi connectivity index (χ3v) is 3.48. The molecular weight excluding hydrogens is 296 g/mol. The summed E-state index contributed by atoms with van der Waals surface area (Å²) in [7, 11) is 1.78. The summed E-state index contributed by atoms with van der Waals surface area (Å²) in [6, 6.07) is 8.21. The number of carbonyl (C=O) groups is 1. The first-order chi connectivity index (χ1) is 11.0. The Morgan fingerprint density at radius 1 is 1.43 bits per heavy atom. The van der Waals surface area contributed by atoms with Crippen molar-refractivity contribution in [2.24, 2.45) is 7.05 Å². The Morgan fingerprint density at radius 2 is 2.22 bits per heavy atom. The molecule has 0 bridgehead atoms. The van der Waals surface area contributed by atoms with E-state index >= 15 is 0 Å². The minimum absolute atomic E-state index is 0.109. The lowest BCUT2D eigenvalue weighted by Crippen LogP contribution is -2.36. The van der Waals surface area contributed by atoms with E-state index in [1.807, 2.05) is 11.8 Å². The van der Waals surface area contributed by atoms with Crippen LogP contribution in [0.4, 0.5) is 5.82 Å². The number of hydrogen-bond donors (Lipinski definition) is 3. The van der Waals surface area contributed by atoms with Crippen molar-refractivity contribution < 1.29 is 15.0 Å². The van der Waals surface area contributed by atoms with Crippen molar-refractivity contribution in [3.05, 3.63) is 42.1 Å². The number of aromatic nitrogens is 2. The summed E-state index contributed by atoms with van der Waals surface area (Å²) >= 11 is 0. The molecule has 0 fully saturated rings. The number of aliphatic hydroxyl groups is 1. The smallest absolute Gasteiger partial charge is 0.239 e. The number of carbonyl (C=O) groups excluding carboxylic acids is 1. The number of hydrogen-bond acceptors (Lipinski definition) is 5. The van der Waals surface area contributed by atoms with Gasteiger partial charge in [-0.15, -0.1) is 0 Å². The zero-order valence-corrected chi connectivity index (χ0v) is 13.3. The van der Waals surface area contributed by atoms with Gasteiger partial charge in [0.05, 0.1) is 12.6 Å². The highest BCUT2D eigenvalue weighted by molar-refractivity contribution is 5.91. The lowest BCUT2D eigenvalue weighted by Gasteiger charge is -2.23. The molecule has 1 aromatic heterocycles. The topological polar surface area (TPSA) is 90.6 Å². The van der Waals surface area contributed by atoms with Crippen molar-refractivity contribution in [2.45, 2.75) is 13.0 Å². The van der Waals surface area contributed by atoms with Crippen LogP contribution in [0.3, 0.4) is 0 Å². The fourth-order valence-corrected chi connectivity index (χ4v) is 2.25. The van der Waals surface area contributed by atoms with E-state index in [9.17, 15) is 15.0 Å². The van der Waals surface area contributed by atoms with E-state index in [0.717, 1.165) is 0 Å². The number of amides is 1. The number of phenolic OH excluding ortho intramolecular Hbond substituents is 1. The molecule has 0 radical (unpaired) electrons. The highest BCUT2D eigenvalue weighted by Gasteiger charge is 2.16. The SMILES string of the molecule is CCN(CC(=O)Nc1ccn(C)n1)C[C@H](O)c1cccc(O)c1. The molecule has 7 heteroatoms. The molecule has 2 rings (SSSR count). The normalized spacial score (nSPS) is 12.3. The van der Waals surface area contributed by atoms with Crippen molar-refractivity contribution in [1.82, 2.24) is 14.7 Å². The van der Waals surface area contributed by atoms with Gasteiger partial charge in [-0.2, -0.15) is 5.10 Å². The predicted molar refractivity (Wildman–Crippen MR) is 87.0 cm³/mol. The molecule has 1 aromatic carbocycles. The summed E-state index contributed by atoms with van der Waals surface area (Å²) in [6.45, 7) is 2.99. The van der Waals surface area contributed by atoms with E-state index in [4.69, 9.17) is 0 Å². The van der Waals surface area contributed by atoms with Crippen molar-refractivity contribution in [3.8, 4) is 5.75 Å². The molecule has 0 aliphatic carbocycles. The second-order valence-corrected chi connectivity index (χ2v) is 5.36. The summed E-state index contributed by atoms with van der Waals surface area (Å²) in [6.07, 6.45) is 0.975. The number of nitrogens with one attached hydrogen (secondary N) is 1. The van der Waals surface area contributed by atoms with Crippen LogP contribution in [0, 0.1) is 0 Å². The van der Waals surface area contributed by atoms with E-state index in [0.29, 0.717) is 24.5 Å². The van der Waals surface area contributed by atoms with Gasteiger partial charge < -0.3 is 15.5 Å². The van der Waals surface area contributed by atoms with Crippen molar-refractivity contribution >= 4 is 11.7 Å². The van der Waals surface area contributed by atoms with Crippen LogP contribution in [-0.4, -0.2) is 50.4 Å². The van der Waals surface area contributed by atoms with Crippen LogP contribution in [0.15, 0.2) is 36.5 Å². The second kappa shape index (κ2) is 7.75. The van der Waals surface area contributed by atoms with E-state index in [1.54, 1.807) is 42.2 Å². The molecule has 23 heavy (non-hydrogen) atoms. The van der Waals surface area contributed by atoms with Crippen LogP contribution >= 0.6 is 0 Å². The minimum Gasteiger partial charge on any atom is -0.508 e. The van der Waals surface area contributed by atoms with Crippen LogP contribution in [-0.2, 0) is 11.8 Å². The molecule has 1 amide bonds. The average Bonchev–Trinajstić information content (AvgIpc) is 2.91. The third kappa shape index (κ3) is 5.08. The molecule has 2 aromatic rings. The van der Waals surface area contributed by atoms with Gasteiger partial charge in [-0.3, -0.25) is 14.4 Å². The number of nitrogens with zero attached hydrogens (tertiary/aromatic N) is 3. The Balaban J connectivity index is 1.90. The molecule has 0 aliphatic rings. The zero-order valence-electron chi connectivity index (χ0n) is 13.3. The van der Waals surface area contributed by atoms with Gasteiger partial charge in [0.25, 0.3) is 0 Å². The molecule has 0 saturated carbocycles. The monoisotopic (exact) mass is 318 g/mol. The molecule has 124 valence electrons. The number of likely N-dealkylation sites (N-methyl/N-ethyl adjacent to an activating group) is 1. The molecule has 3 N–H and O–H groups in total. The molecule has 1 heterocycles. The molecule has 7 nitrogen and oxygen atoms in total. The number of phenols is 1. The maximum Gasteiger partial charge on any atom is 0.239 e. The Kier molecular flexibility index (Phi) is 5.72. The van der Waals surface area contributed by atoms with Gasteiger partial charge in [0.2, 0.25) is 5.91 Å². The first kappa shape index (κ1) is 17.0. The van der Waals surface area contributed by atoms with Crippen LogP contribution < -0.4 is 5.32 Å². The van der Waals surface area contributed by atoms with Crippen LogP contribution in [0.5, 0.6) is 5.75 Å². The Hall–Kier alpha value is -2.38. The van der Waals surface area contributed by atoms with Gasteiger partial charge in [0.15, 0.2) is 5.82 Å². The number of anilines is 1. The summed E-state index contributed by atoms with van der Waals surface area (Å²) in [5.74, 6) is 0.424. The fraction of sp³-hybridized carbons (Fsp3) is 0.375. The lowest BCUT2D eigenvalue weighted by molar-refractivity contribution is -0.117. The van der Waals surface area contributed by atoms with Gasteiger partial charge in [-0.1, -0.05) is 19.1 Å². The first-order valence-corrected chi connectivity index (χ1v) is 7.46. The maximum atomic E-state index is 12.0. The van der Waals surface area contributed by atoms with Crippen LogP contribution in [0.1, 0.15) is 18.6 Å². The van der Waals surface area contributed by atoms with Crippen molar-refractivity contribution in [1.29, 1.82) is 0 Å². The van der Waals surface area contributed by atoms with E-state index < -0.39 is 6.10 Å². The van der Waals surface area contributed by atoms with E-state index in [2.05, 4.69) is 10.4 Å². The summed E-state index contributed by atoms with van der Waals surface area (Å²) in [5, 5.41) is 26.5. The Bertz CT molecular complexity index is 656. The number of aliphatic hydroxyl groups excluding tert-OH is 1. The first-order valence-electron chi connectivity index (χ1n) is 7.46. The molecular formula is C16H22N4O3. The number of rotatable bonds is 7. The zero-order chi connectivity index (χ0) is 16.8. The number of aromatic hydroxyl groups is 1. The van der Waals surface area contributed by atoms with Gasteiger partial charge in [-0.05, 0) is 24.2 Å². The molecule has 0 saturated heterocycles. The summed E-state index contributed by atoms with van der Waals surface area (Å²) < 4.78 is 1.61. The standard InChI is InChI=1S/C16H22N4O3/c1-3-20(10-14(22)12-5-4-6-13(21)9-12)11-16(23)17-15-7-8-19(2)18-15/h4-9,14,21-22H,3,10-11H2,1-2H3,(H,17,18,23)/t14-/m0/s1. The van der Waals surface area contributed by atoms with E-state index in [1.165, 1.54) is 6.07 Å². The van der Waals surface area contributed by atoms with Gasteiger partial charge in [-0.25, -0.2) is 0 Å². The van der Waals surface area contributed by atoms with Gasteiger partial charge >= 0.3 is 0 Å². The molecule has 1 atom stereocenters. The van der Waals surface area contributed by atoms with E-state index in [-0.39, 0.29) is 18.2 Å². The third-order valence-electron chi connectivity index (χ3n) is 3.48. The quantitative estimate of drug-likeness (QED) is 0.712. The summed E-state index contributed by atoms with van der Waals surface area (Å²) in [4.78, 5) is 13.9. The van der Waals surface area contributed by atoms with Crippen molar-refractivity contribution in [2.75, 3.05) is 25.0 Å². The average molecular weight is 318 g/mol. The predicted octanol–water partition coefficient (Wildman–Crippen LogP) is 1.12. The summed E-state index contributed by atoms with van der Waals surface area (Å²) in [5.41, 5.74) is 0.619. The maximum absolute atomic E-state index is 12.0. The van der Waals surface area contributed by atoms with Gasteiger partial charge in [0.1, 0.15) is 5.75 Å². The lowest BCUT2D eigenvalue weighted by atomic mass is 10.1. The Labute approximate surface area is 135 Å². The Morgan fingerprint density at radius 3 is 2.83 bits per heavy atom. The van der Waals surface area contributed by atoms with Crippen LogP contribution in [0.25, 0.3) is 0 Å². The number of benzene rings is 1. The van der Waals surface area contributed by atoms with Crippen molar-refractivity contribution in [3.63, 3.8) is 0 Å². The molecule has 0 unspecified atom stereocenters. The molecule has 0 spiro atoms. The van der Waals surface area contributed by atoms with Gasteiger partial charge in [0, 0.05) is 25.9 Å². The fourth-order valence-electron chi connectivity index (χ4n) is 2.25. The highest BCUT2D eigenvalue weighted by Crippen LogP contribution is 2.19. The van der Waals surface area contributed by atoms with Crippen LogP contribution in [0.2, 0.25) is 0 Å². The second-order valence-electron chi connectivity index (χ2n) is 5.36. The highest BCUT2D eigenvalue weighted by atomic mass is 16.3. The molecule has 0 aliphatic heterocycles. The largest absolute Gasteiger partial charge is 0.508 e. The number of aryl methyl sites for hydroxylation is 1. The minimum atomic E-state index is -0.773.